The van der Waals surface area contributed by atoms with Crippen molar-refractivity contribution in [2.75, 3.05) is 26.4 Å². The summed E-state index contributed by atoms with van der Waals surface area (Å²) in [5, 5.41) is 4.95. The summed E-state index contributed by atoms with van der Waals surface area (Å²) in [6.45, 7) is -0.00438. The van der Waals surface area contributed by atoms with Gasteiger partial charge >= 0.3 is 0 Å². The Morgan fingerprint density at radius 2 is 1.87 bits per heavy atom. The largest absolute Gasteiger partial charge is 0.347 e. The molecule has 2 aromatic rings. The molecule has 0 saturated carbocycles. The number of fused-ring (bicyclic) bond motifs is 1. The van der Waals surface area contributed by atoms with Crippen LogP contribution >= 0.6 is 0 Å². The van der Waals surface area contributed by atoms with Gasteiger partial charge in [-0.2, -0.15) is 4.31 Å². The molecule has 2 rings (SSSR count). The molecule has 1 amide bonds. The number of benzene rings is 2. The van der Waals surface area contributed by atoms with Crippen molar-refractivity contribution in [3.8, 4) is 0 Å². The lowest BCUT2D eigenvalue weighted by molar-refractivity contribution is -0.121. The van der Waals surface area contributed by atoms with E-state index in [1.165, 1.54) is 7.05 Å². The lowest BCUT2D eigenvalue weighted by atomic mass is 10.0. The summed E-state index contributed by atoms with van der Waals surface area (Å²) in [6, 6.07) is 13.4. The maximum absolute atomic E-state index is 12.0. The van der Waals surface area contributed by atoms with Gasteiger partial charge in [0.2, 0.25) is 15.9 Å². The average Bonchev–Trinajstić information content (AvgIpc) is 2.51. The summed E-state index contributed by atoms with van der Waals surface area (Å²) < 4.78 is 23.7. The maximum atomic E-state index is 12.0. The molecule has 0 aliphatic heterocycles. The van der Waals surface area contributed by atoms with Crippen molar-refractivity contribution in [2.24, 2.45) is 5.73 Å². The molecule has 124 valence electrons. The molecular weight excluding hydrogens is 314 g/mol. The third kappa shape index (κ3) is 4.51. The number of sulfonamides is 1. The van der Waals surface area contributed by atoms with Gasteiger partial charge in [-0.25, -0.2) is 8.42 Å². The second kappa shape index (κ2) is 7.08. The highest BCUT2D eigenvalue weighted by atomic mass is 32.2. The second-order valence-corrected chi connectivity index (χ2v) is 7.57. The van der Waals surface area contributed by atoms with Crippen molar-refractivity contribution >= 4 is 26.7 Å². The van der Waals surface area contributed by atoms with Crippen LogP contribution in [0.1, 0.15) is 11.6 Å². The number of carbonyl (C=O) groups excluding carboxylic acids is 1. The van der Waals surface area contributed by atoms with Gasteiger partial charge < -0.3 is 11.1 Å². The number of nitrogens with zero attached hydrogens (tertiary/aromatic N) is 1. The Morgan fingerprint density at radius 1 is 1.22 bits per heavy atom. The number of amides is 1. The maximum Gasteiger partial charge on any atom is 0.235 e. The molecule has 6 nitrogen and oxygen atoms in total. The van der Waals surface area contributed by atoms with E-state index in [4.69, 9.17) is 5.73 Å². The Balaban J connectivity index is 2.13. The molecule has 1 atom stereocenters. The highest BCUT2D eigenvalue weighted by Crippen LogP contribution is 2.20. The normalized spacial score (nSPS) is 13.2. The molecule has 7 heteroatoms. The minimum absolute atomic E-state index is 0.229. The van der Waals surface area contributed by atoms with Crippen LogP contribution in [0.3, 0.4) is 0 Å². The van der Waals surface area contributed by atoms with Crippen LogP contribution in [0.5, 0.6) is 0 Å². The number of nitrogens with two attached hydrogens (primary N) is 1. The topological polar surface area (TPSA) is 92.5 Å². The van der Waals surface area contributed by atoms with Gasteiger partial charge in [0.1, 0.15) is 0 Å². The monoisotopic (exact) mass is 335 g/mol. The summed E-state index contributed by atoms with van der Waals surface area (Å²) in [5.74, 6) is -0.387. The minimum Gasteiger partial charge on any atom is -0.347 e. The fourth-order valence-corrected chi connectivity index (χ4v) is 2.61. The van der Waals surface area contributed by atoms with E-state index in [2.05, 4.69) is 5.32 Å². The molecule has 0 aromatic heterocycles. The molecule has 2 aromatic carbocycles. The van der Waals surface area contributed by atoms with Crippen molar-refractivity contribution in [1.82, 2.24) is 9.62 Å². The summed E-state index contributed by atoms with van der Waals surface area (Å²) in [6.07, 6.45) is 1.06. The van der Waals surface area contributed by atoms with Crippen LogP contribution in [-0.2, 0) is 14.8 Å². The van der Waals surface area contributed by atoms with E-state index in [0.717, 1.165) is 26.9 Å². The van der Waals surface area contributed by atoms with E-state index in [1.54, 1.807) is 0 Å². The first-order chi connectivity index (χ1) is 10.8. The smallest absolute Gasteiger partial charge is 0.235 e. The highest BCUT2D eigenvalue weighted by Gasteiger charge is 2.18. The number of carbonyl (C=O) groups is 1. The molecule has 3 N–H and O–H groups in total. The van der Waals surface area contributed by atoms with E-state index >= 15 is 0 Å². The zero-order valence-electron chi connectivity index (χ0n) is 13.2. The van der Waals surface area contributed by atoms with E-state index < -0.39 is 10.0 Å². The third-order valence-corrected chi connectivity index (χ3v) is 4.94. The fourth-order valence-electron chi connectivity index (χ4n) is 2.26. The predicted molar refractivity (Wildman–Crippen MR) is 91.4 cm³/mol. The summed E-state index contributed by atoms with van der Waals surface area (Å²) >= 11 is 0. The Labute approximate surface area is 136 Å². The molecule has 0 aliphatic carbocycles. The van der Waals surface area contributed by atoms with Crippen molar-refractivity contribution in [3.05, 3.63) is 48.0 Å². The summed E-state index contributed by atoms with van der Waals surface area (Å²) in [4.78, 5) is 12.0. The molecule has 0 bridgehead atoms. The summed E-state index contributed by atoms with van der Waals surface area (Å²) in [7, 11) is -2.03. The molecule has 1 unspecified atom stereocenters. The van der Waals surface area contributed by atoms with Crippen LogP contribution in [0.4, 0.5) is 0 Å². The van der Waals surface area contributed by atoms with Gasteiger partial charge in [0.25, 0.3) is 0 Å². The number of rotatable bonds is 6. The van der Waals surface area contributed by atoms with Gasteiger partial charge in [-0.15, -0.1) is 0 Å². The number of likely N-dealkylation sites (N-methyl/N-ethyl adjacent to an activating group) is 1. The van der Waals surface area contributed by atoms with Crippen molar-refractivity contribution < 1.29 is 13.2 Å². The van der Waals surface area contributed by atoms with E-state index in [1.807, 2.05) is 42.5 Å². The molecule has 0 saturated heterocycles. The lowest BCUT2D eigenvalue weighted by Crippen LogP contribution is -2.41. The van der Waals surface area contributed by atoms with Gasteiger partial charge in [-0.05, 0) is 22.4 Å². The quantitative estimate of drug-likeness (QED) is 0.818. The molecule has 0 spiro atoms. The highest BCUT2D eigenvalue weighted by molar-refractivity contribution is 7.88. The first kappa shape index (κ1) is 17.4. The summed E-state index contributed by atoms with van der Waals surface area (Å²) in [5.41, 5.74) is 6.66. The first-order valence-electron chi connectivity index (χ1n) is 7.20. The minimum atomic E-state index is -3.39. The predicted octanol–water partition coefficient (Wildman–Crippen LogP) is 0.847. The van der Waals surface area contributed by atoms with Crippen LogP contribution < -0.4 is 11.1 Å². The van der Waals surface area contributed by atoms with E-state index in [0.29, 0.717) is 0 Å². The van der Waals surface area contributed by atoms with Gasteiger partial charge in [0.15, 0.2) is 0 Å². The van der Waals surface area contributed by atoms with Crippen molar-refractivity contribution in [2.45, 2.75) is 6.04 Å². The van der Waals surface area contributed by atoms with Gasteiger partial charge in [0.05, 0.1) is 18.8 Å². The van der Waals surface area contributed by atoms with Crippen LogP contribution in [0.25, 0.3) is 10.8 Å². The van der Waals surface area contributed by atoms with Gasteiger partial charge in [-0.1, -0.05) is 36.4 Å². The second-order valence-electron chi connectivity index (χ2n) is 5.48. The first-order valence-corrected chi connectivity index (χ1v) is 9.05. The number of hydrogen-bond donors (Lipinski definition) is 2. The van der Waals surface area contributed by atoms with E-state index in [-0.39, 0.29) is 25.0 Å². The molecule has 23 heavy (non-hydrogen) atoms. The zero-order valence-corrected chi connectivity index (χ0v) is 14.0. The Morgan fingerprint density at radius 3 is 2.48 bits per heavy atom. The SMILES string of the molecule is CN(CC(=O)NC(CN)c1ccc2ccccc2c1)S(C)(=O)=O. The number of hydrogen-bond acceptors (Lipinski definition) is 4. The Hall–Kier alpha value is -1.96. The Kier molecular flexibility index (Phi) is 5.35. The standard InChI is InChI=1S/C16H21N3O3S/c1-19(23(2,21)22)11-16(20)18-15(10-17)14-8-7-12-5-3-4-6-13(12)9-14/h3-9,15H,10-11,17H2,1-2H3,(H,18,20). The molecular formula is C16H21N3O3S. The Bertz CT molecular complexity index is 805. The van der Waals surface area contributed by atoms with Crippen molar-refractivity contribution in [3.63, 3.8) is 0 Å². The molecule has 0 aliphatic rings. The van der Waals surface area contributed by atoms with Crippen molar-refractivity contribution in [1.29, 1.82) is 0 Å². The van der Waals surface area contributed by atoms with Gasteiger partial charge in [0, 0.05) is 13.6 Å². The lowest BCUT2D eigenvalue weighted by Gasteiger charge is -2.20. The van der Waals surface area contributed by atoms with Crippen LogP contribution in [-0.4, -0.2) is 45.0 Å². The molecule has 0 fully saturated rings. The number of nitrogens with one attached hydrogen (secondary N) is 1. The third-order valence-electron chi connectivity index (χ3n) is 3.68. The average molecular weight is 335 g/mol. The van der Waals surface area contributed by atoms with Crippen LogP contribution in [0, 0.1) is 0 Å². The van der Waals surface area contributed by atoms with Crippen LogP contribution in [0.2, 0.25) is 0 Å². The van der Waals surface area contributed by atoms with E-state index in [9.17, 15) is 13.2 Å². The van der Waals surface area contributed by atoms with Crippen LogP contribution in [0.15, 0.2) is 42.5 Å². The van der Waals surface area contributed by atoms with Gasteiger partial charge in [-0.3, -0.25) is 4.79 Å². The zero-order chi connectivity index (χ0) is 17.0. The molecule has 0 radical (unpaired) electrons. The fraction of sp³-hybridized carbons (Fsp3) is 0.312. The molecule has 0 heterocycles.